The average Bonchev–Trinajstić information content (AvgIpc) is 2.09. The van der Waals surface area contributed by atoms with Gasteiger partial charge in [0, 0.05) is 6.07 Å². The molecule has 1 aromatic carbocycles. The third kappa shape index (κ3) is 3.09. The summed E-state index contributed by atoms with van der Waals surface area (Å²) < 4.78 is 12.8. The fourth-order valence-corrected chi connectivity index (χ4v) is 0.927. The molecule has 3 nitrogen and oxygen atoms in total. The fourth-order valence-electron chi connectivity index (χ4n) is 0.879. The Kier molecular flexibility index (Phi) is 3.19. The van der Waals surface area contributed by atoms with Crippen LogP contribution in [0, 0.1) is 5.82 Å². The highest BCUT2D eigenvalue weighted by molar-refractivity contribution is 6.36. The first-order valence-electron chi connectivity index (χ1n) is 4.29. The zero-order chi connectivity index (χ0) is 11.6. The number of aromatic hydroxyl groups is 1. The van der Waals surface area contributed by atoms with Crippen LogP contribution in [-0.2, 0) is 4.79 Å². The van der Waals surface area contributed by atoms with Gasteiger partial charge < -0.3 is 10.4 Å². The molecule has 0 aliphatic rings. The first-order valence-corrected chi connectivity index (χ1v) is 4.67. The number of rotatable bonds is 2. The van der Waals surface area contributed by atoms with Gasteiger partial charge >= 0.3 is 0 Å². The van der Waals surface area contributed by atoms with Gasteiger partial charge in [-0.15, -0.1) is 11.6 Å². The molecule has 0 aromatic heterocycles. The minimum absolute atomic E-state index is 0.00808. The monoisotopic (exact) mass is 231 g/mol. The molecule has 0 fully saturated rings. The number of hydrogen-bond donors (Lipinski definition) is 2. The average molecular weight is 232 g/mol. The van der Waals surface area contributed by atoms with Crippen LogP contribution in [0.5, 0.6) is 5.75 Å². The van der Waals surface area contributed by atoms with Crippen LogP contribution >= 0.6 is 11.6 Å². The van der Waals surface area contributed by atoms with Crippen molar-refractivity contribution in [2.45, 2.75) is 18.7 Å². The number of alkyl halides is 1. The molecule has 0 saturated heterocycles. The number of anilines is 1. The van der Waals surface area contributed by atoms with Gasteiger partial charge in [-0.1, -0.05) is 0 Å². The molecule has 1 rings (SSSR count). The van der Waals surface area contributed by atoms with E-state index in [-0.39, 0.29) is 11.4 Å². The molecule has 82 valence electrons. The SMILES string of the molecule is CC(C)(Cl)C(=O)Nc1cc(F)ccc1O. The van der Waals surface area contributed by atoms with E-state index in [1.54, 1.807) is 0 Å². The summed E-state index contributed by atoms with van der Waals surface area (Å²) in [6.07, 6.45) is 0. The highest BCUT2D eigenvalue weighted by Crippen LogP contribution is 2.25. The van der Waals surface area contributed by atoms with Gasteiger partial charge in [-0.25, -0.2) is 4.39 Å². The summed E-state index contributed by atoms with van der Waals surface area (Å²) in [7, 11) is 0. The second-order valence-electron chi connectivity index (χ2n) is 3.59. The summed E-state index contributed by atoms with van der Waals surface area (Å²) >= 11 is 5.74. The predicted octanol–water partition coefficient (Wildman–Crippen LogP) is 2.49. The lowest BCUT2D eigenvalue weighted by Gasteiger charge is -2.15. The van der Waals surface area contributed by atoms with Crippen LogP contribution in [0.1, 0.15) is 13.8 Å². The molecule has 15 heavy (non-hydrogen) atoms. The molecular formula is C10H11ClFNO2. The summed E-state index contributed by atoms with van der Waals surface area (Å²) in [5.41, 5.74) is 0.00808. The number of amides is 1. The van der Waals surface area contributed by atoms with Crippen LogP contribution in [-0.4, -0.2) is 15.9 Å². The number of carbonyl (C=O) groups excluding carboxylic acids is 1. The van der Waals surface area contributed by atoms with Gasteiger partial charge in [0.05, 0.1) is 5.69 Å². The van der Waals surface area contributed by atoms with Crippen molar-refractivity contribution in [3.63, 3.8) is 0 Å². The molecule has 0 radical (unpaired) electrons. The number of carbonyl (C=O) groups is 1. The van der Waals surface area contributed by atoms with Gasteiger partial charge in [0.15, 0.2) is 0 Å². The van der Waals surface area contributed by atoms with Crippen molar-refractivity contribution in [2.24, 2.45) is 0 Å². The maximum absolute atomic E-state index is 12.8. The van der Waals surface area contributed by atoms with Crippen LogP contribution in [0.3, 0.4) is 0 Å². The van der Waals surface area contributed by atoms with Gasteiger partial charge in [0.25, 0.3) is 0 Å². The molecule has 0 bridgehead atoms. The van der Waals surface area contributed by atoms with Crippen molar-refractivity contribution in [3.8, 4) is 5.75 Å². The van der Waals surface area contributed by atoms with E-state index in [0.717, 1.165) is 18.2 Å². The standard InChI is InChI=1S/C10H11ClFNO2/c1-10(2,11)9(15)13-7-5-6(12)3-4-8(7)14/h3-5,14H,1-2H3,(H,13,15). The largest absolute Gasteiger partial charge is 0.506 e. The second kappa shape index (κ2) is 4.06. The van der Waals surface area contributed by atoms with E-state index in [4.69, 9.17) is 11.6 Å². The van der Waals surface area contributed by atoms with Crippen molar-refractivity contribution in [3.05, 3.63) is 24.0 Å². The molecule has 0 heterocycles. The molecule has 0 spiro atoms. The van der Waals surface area contributed by atoms with Crippen LogP contribution in [0.25, 0.3) is 0 Å². The third-order valence-corrected chi connectivity index (χ3v) is 1.92. The summed E-state index contributed by atoms with van der Waals surface area (Å²) in [5, 5.41) is 11.7. The summed E-state index contributed by atoms with van der Waals surface area (Å²) in [4.78, 5) is 10.3. The Labute approximate surface area is 91.9 Å². The number of hydrogen-bond acceptors (Lipinski definition) is 2. The highest BCUT2D eigenvalue weighted by Gasteiger charge is 2.24. The van der Waals surface area contributed by atoms with Crippen LogP contribution in [0.15, 0.2) is 18.2 Å². The molecular weight excluding hydrogens is 221 g/mol. The minimum atomic E-state index is -1.11. The van der Waals surface area contributed by atoms with Crippen molar-refractivity contribution >= 4 is 23.2 Å². The van der Waals surface area contributed by atoms with E-state index in [9.17, 15) is 14.3 Å². The Bertz CT molecular complexity index is 387. The molecule has 0 saturated carbocycles. The second-order valence-corrected chi connectivity index (χ2v) is 4.53. The van der Waals surface area contributed by atoms with Crippen molar-refractivity contribution in [2.75, 3.05) is 5.32 Å². The highest BCUT2D eigenvalue weighted by atomic mass is 35.5. The van der Waals surface area contributed by atoms with Gasteiger partial charge in [0.1, 0.15) is 16.4 Å². The summed E-state index contributed by atoms with van der Waals surface area (Å²) in [6, 6.07) is 3.28. The normalized spacial score (nSPS) is 11.2. The zero-order valence-corrected chi connectivity index (χ0v) is 9.10. The van der Waals surface area contributed by atoms with Crippen molar-refractivity contribution in [1.29, 1.82) is 0 Å². The smallest absolute Gasteiger partial charge is 0.245 e. The molecule has 0 aliphatic carbocycles. The van der Waals surface area contributed by atoms with E-state index in [0.29, 0.717) is 0 Å². The molecule has 0 aliphatic heterocycles. The van der Waals surface area contributed by atoms with Gasteiger partial charge in [-0.3, -0.25) is 4.79 Å². The van der Waals surface area contributed by atoms with E-state index >= 15 is 0 Å². The zero-order valence-electron chi connectivity index (χ0n) is 8.34. The van der Waals surface area contributed by atoms with E-state index in [2.05, 4.69) is 5.32 Å². The van der Waals surface area contributed by atoms with Crippen molar-refractivity contribution in [1.82, 2.24) is 0 Å². The lowest BCUT2D eigenvalue weighted by molar-refractivity contribution is -0.117. The van der Waals surface area contributed by atoms with Crippen molar-refractivity contribution < 1.29 is 14.3 Å². The van der Waals surface area contributed by atoms with E-state index in [1.807, 2.05) is 0 Å². The lowest BCUT2D eigenvalue weighted by atomic mass is 10.2. The predicted molar refractivity (Wildman–Crippen MR) is 56.6 cm³/mol. The minimum Gasteiger partial charge on any atom is -0.506 e. The van der Waals surface area contributed by atoms with E-state index < -0.39 is 16.6 Å². The quantitative estimate of drug-likeness (QED) is 0.607. The number of nitrogens with one attached hydrogen (secondary N) is 1. The molecule has 0 atom stereocenters. The van der Waals surface area contributed by atoms with Gasteiger partial charge in [-0.05, 0) is 26.0 Å². The maximum atomic E-state index is 12.8. The lowest BCUT2D eigenvalue weighted by Crippen LogP contribution is -2.31. The number of benzene rings is 1. The molecule has 0 unspecified atom stereocenters. The molecule has 2 N–H and O–H groups in total. The van der Waals surface area contributed by atoms with Gasteiger partial charge in [-0.2, -0.15) is 0 Å². The number of phenolic OH excluding ortho intramolecular Hbond substituents is 1. The summed E-state index contributed by atoms with van der Waals surface area (Å²) in [5.74, 6) is -1.26. The topological polar surface area (TPSA) is 49.3 Å². The Hall–Kier alpha value is -1.29. The Morgan fingerprint density at radius 3 is 2.67 bits per heavy atom. The summed E-state index contributed by atoms with van der Waals surface area (Å²) in [6.45, 7) is 3.00. The molecule has 1 aromatic rings. The van der Waals surface area contributed by atoms with Crippen LogP contribution < -0.4 is 5.32 Å². The van der Waals surface area contributed by atoms with Crippen LogP contribution in [0.2, 0.25) is 0 Å². The first kappa shape index (κ1) is 11.8. The Balaban J connectivity index is 2.90. The fraction of sp³-hybridized carbons (Fsp3) is 0.300. The van der Waals surface area contributed by atoms with E-state index in [1.165, 1.54) is 13.8 Å². The molecule has 1 amide bonds. The Morgan fingerprint density at radius 1 is 1.53 bits per heavy atom. The maximum Gasteiger partial charge on any atom is 0.245 e. The Morgan fingerprint density at radius 2 is 2.13 bits per heavy atom. The first-order chi connectivity index (χ1) is 6.80. The molecule has 5 heteroatoms. The number of phenols is 1. The van der Waals surface area contributed by atoms with Gasteiger partial charge in [0.2, 0.25) is 5.91 Å². The van der Waals surface area contributed by atoms with Crippen LogP contribution in [0.4, 0.5) is 10.1 Å². The third-order valence-electron chi connectivity index (χ3n) is 1.75. The number of halogens is 2.